The van der Waals surface area contributed by atoms with E-state index in [0.29, 0.717) is 28.7 Å². The number of nitriles is 1. The predicted octanol–water partition coefficient (Wildman–Crippen LogP) is 6.11. The summed E-state index contributed by atoms with van der Waals surface area (Å²) < 4.78 is 12.1. The Kier molecular flexibility index (Phi) is 7.72. The molecule has 0 atom stereocenters. The molecule has 152 valence electrons. The van der Waals surface area contributed by atoms with Gasteiger partial charge in [-0.05, 0) is 51.8 Å². The van der Waals surface area contributed by atoms with Crippen molar-refractivity contribution in [2.45, 2.75) is 13.2 Å². The number of hydrogen-bond donors (Lipinski definition) is 0. The Labute approximate surface area is 188 Å². The van der Waals surface area contributed by atoms with Gasteiger partial charge in [-0.2, -0.15) is 5.26 Å². The minimum Gasteiger partial charge on any atom is -0.493 e. The van der Waals surface area contributed by atoms with E-state index in [-0.39, 0.29) is 6.61 Å². The maximum Gasteiger partial charge on any atom is 0.162 e. The SMILES string of the molecule is COc1cc(/C=N\OCc2ccccc2C#N)c(Br)cc1OCc1ccc(Cl)cc1. The number of rotatable bonds is 8. The molecule has 0 aromatic heterocycles. The summed E-state index contributed by atoms with van der Waals surface area (Å²) in [5.74, 6) is 1.17. The van der Waals surface area contributed by atoms with Crippen molar-refractivity contribution < 1.29 is 14.3 Å². The van der Waals surface area contributed by atoms with E-state index < -0.39 is 0 Å². The van der Waals surface area contributed by atoms with E-state index in [1.807, 2.05) is 48.5 Å². The van der Waals surface area contributed by atoms with Gasteiger partial charge in [-0.25, -0.2) is 0 Å². The third kappa shape index (κ3) is 5.76. The molecule has 7 heteroatoms. The van der Waals surface area contributed by atoms with E-state index in [0.717, 1.165) is 21.2 Å². The molecule has 0 unspecified atom stereocenters. The van der Waals surface area contributed by atoms with Gasteiger partial charge in [-0.3, -0.25) is 0 Å². The van der Waals surface area contributed by atoms with Crippen LogP contribution in [0.2, 0.25) is 5.02 Å². The van der Waals surface area contributed by atoms with Crippen molar-refractivity contribution in [2.24, 2.45) is 5.16 Å². The van der Waals surface area contributed by atoms with E-state index >= 15 is 0 Å². The summed E-state index contributed by atoms with van der Waals surface area (Å²) >= 11 is 9.44. The lowest BCUT2D eigenvalue weighted by atomic mass is 10.1. The molecular formula is C23H18BrClN2O3. The van der Waals surface area contributed by atoms with Gasteiger partial charge < -0.3 is 14.3 Å². The average Bonchev–Trinajstić information content (AvgIpc) is 2.77. The summed E-state index contributed by atoms with van der Waals surface area (Å²) in [6.07, 6.45) is 1.57. The Morgan fingerprint density at radius 2 is 1.83 bits per heavy atom. The predicted molar refractivity (Wildman–Crippen MR) is 120 cm³/mol. The molecule has 0 heterocycles. The van der Waals surface area contributed by atoms with Crippen molar-refractivity contribution in [3.8, 4) is 17.6 Å². The molecule has 0 spiro atoms. The Morgan fingerprint density at radius 1 is 1.07 bits per heavy atom. The second-order valence-corrected chi connectivity index (χ2v) is 7.51. The highest BCUT2D eigenvalue weighted by Gasteiger charge is 2.10. The first-order valence-electron chi connectivity index (χ1n) is 8.99. The first kappa shape index (κ1) is 21.7. The van der Waals surface area contributed by atoms with Gasteiger partial charge in [-0.15, -0.1) is 0 Å². The van der Waals surface area contributed by atoms with Crippen molar-refractivity contribution in [1.29, 1.82) is 5.26 Å². The Bertz CT molecular complexity index is 1080. The summed E-state index contributed by atoms with van der Waals surface area (Å²) in [6, 6.07) is 20.5. The van der Waals surface area contributed by atoms with Gasteiger partial charge in [0.05, 0.1) is 25.0 Å². The number of benzene rings is 3. The number of hydrogen-bond acceptors (Lipinski definition) is 5. The molecule has 3 rings (SSSR count). The van der Waals surface area contributed by atoms with Crippen LogP contribution >= 0.6 is 27.5 Å². The zero-order chi connectivity index (χ0) is 21.3. The number of oxime groups is 1. The number of halogens is 2. The number of methoxy groups -OCH3 is 1. The highest BCUT2D eigenvalue weighted by atomic mass is 79.9. The van der Waals surface area contributed by atoms with E-state index in [1.54, 1.807) is 25.5 Å². The van der Waals surface area contributed by atoms with E-state index in [9.17, 15) is 0 Å². The quantitative estimate of drug-likeness (QED) is 0.285. The topological polar surface area (TPSA) is 63.8 Å². The van der Waals surface area contributed by atoms with Crippen LogP contribution in [0.25, 0.3) is 0 Å². The lowest BCUT2D eigenvalue weighted by molar-refractivity contribution is 0.132. The van der Waals surface area contributed by atoms with Gasteiger partial charge in [0, 0.05) is 20.6 Å². The summed E-state index contributed by atoms with van der Waals surface area (Å²) in [5, 5.41) is 13.8. The highest BCUT2D eigenvalue weighted by Crippen LogP contribution is 2.33. The fourth-order valence-electron chi connectivity index (χ4n) is 2.62. The Hall–Kier alpha value is -3.01. The fraction of sp³-hybridized carbons (Fsp3) is 0.130. The van der Waals surface area contributed by atoms with Gasteiger partial charge in [-0.1, -0.05) is 47.1 Å². The zero-order valence-corrected chi connectivity index (χ0v) is 18.5. The average molecular weight is 486 g/mol. The second kappa shape index (κ2) is 10.7. The summed E-state index contributed by atoms with van der Waals surface area (Å²) in [5.41, 5.74) is 3.10. The van der Waals surface area contributed by atoms with Gasteiger partial charge in [0.15, 0.2) is 11.5 Å². The molecule has 3 aromatic carbocycles. The molecule has 0 amide bonds. The van der Waals surface area contributed by atoms with Crippen LogP contribution in [-0.2, 0) is 18.1 Å². The monoisotopic (exact) mass is 484 g/mol. The molecule has 5 nitrogen and oxygen atoms in total. The standard InChI is InChI=1S/C23H18BrClN2O3/c1-28-22-10-19(13-27-30-15-18-5-3-2-4-17(18)12-26)21(24)11-23(22)29-14-16-6-8-20(25)9-7-16/h2-11,13H,14-15H2,1H3/b27-13-. The van der Waals surface area contributed by atoms with Crippen LogP contribution in [0.3, 0.4) is 0 Å². The Morgan fingerprint density at radius 3 is 2.57 bits per heavy atom. The molecule has 0 aliphatic heterocycles. The van der Waals surface area contributed by atoms with Crippen LogP contribution in [0, 0.1) is 11.3 Å². The molecule has 0 fully saturated rings. The normalized spacial score (nSPS) is 10.6. The van der Waals surface area contributed by atoms with Crippen LogP contribution in [0.4, 0.5) is 0 Å². The van der Waals surface area contributed by atoms with Crippen molar-refractivity contribution in [3.05, 3.63) is 92.4 Å². The summed E-state index contributed by atoms with van der Waals surface area (Å²) in [6.45, 7) is 0.589. The number of nitrogens with zero attached hydrogens (tertiary/aromatic N) is 2. The number of ether oxygens (including phenoxy) is 2. The molecule has 0 aliphatic rings. The van der Waals surface area contributed by atoms with Crippen LogP contribution in [0.1, 0.15) is 22.3 Å². The third-order valence-electron chi connectivity index (χ3n) is 4.21. The molecule has 30 heavy (non-hydrogen) atoms. The Balaban J connectivity index is 1.66. The fourth-order valence-corrected chi connectivity index (χ4v) is 3.17. The maximum atomic E-state index is 9.12. The minimum atomic E-state index is 0.206. The smallest absolute Gasteiger partial charge is 0.162 e. The lowest BCUT2D eigenvalue weighted by Crippen LogP contribution is -1.99. The van der Waals surface area contributed by atoms with Gasteiger partial charge in [0.1, 0.15) is 13.2 Å². The van der Waals surface area contributed by atoms with Gasteiger partial charge >= 0.3 is 0 Å². The van der Waals surface area contributed by atoms with Gasteiger partial charge in [0.2, 0.25) is 0 Å². The van der Waals surface area contributed by atoms with E-state index in [1.165, 1.54) is 0 Å². The largest absolute Gasteiger partial charge is 0.493 e. The first-order valence-corrected chi connectivity index (χ1v) is 10.2. The maximum absolute atomic E-state index is 9.12. The third-order valence-corrected chi connectivity index (χ3v) is 5.15. The lowest BCUT2D eigenvalue weighted by Gasteiger charge is -2.13. The molecule has 0 N–H and O–H groups in total. The van der Waals surface area contributed by atoms with Crippen LogP contribution in [-0.4, -0.2) is 13.3 Å². The van der Waals surface area contributed by atoms with E-state index in [4.69, 9.17) is 31.2 Å². The molecule has 0 saturated carbocycles. The molecular weight excluding hydrogens is 468 g/mol. The summed E-state index contributed by atoms with van der Waals surface area (Å²) in [4.78, 5) is 5.35. The highest BCUT2D eigenvalue weighted by molar-refractivity contribution is 9.10. The minimum absolute atomic E-state index is 0.206. The van der Waals surface area contributed by atoms with Crippen LogP contribution in [0.15, 0.2) is 70.3 Å². The molecule has 0 bridgehead atoms. The van der Waals surface area contributed by atoms with Crippen molar-refractivity contribution >= 4 is 33.7 Å². The van der Waals surface area contributed by atoms with Crippen molar-refractivity contribution in [2.75, 3.05) is 7.11 Å². The molecule has 0 radical (unpaired) electrons. The second-order valence-electron chi connectivity index (χ2n) is 6.22. The molecule has 0 saturated heterocycles. The van der Waals surface area contributed by atoms with E-state index in [2.05, 4.69) is 27.2 Å². The van der Waals surface area contributed by atoms with Crippen molar-refractivity contribution in [3.63, 3.8) is 0 Å². The van der Waals surface area contributed by atoms with Gasteiger partial charge in [0.25, 0.3) is 0 Å². The van der Waals surface area contributed by atoms with Crippen LogP contribution in [0.5, 0.6) is 11.5 Å². The molecule has 3 aromatic rings. The molecule has 0 aliphatic carbocycles. The first-order chi connectivity index (χ1) is 14.6. The summed E-state index contributed by atoms with van der Waals surface area (Å²) in [7, 11) is 1.58. The van der Waals surface area contributed by atoms with Crippen molar-refractivity contribution in [1.82, 2.24) is 0 Å². The zero-order valence-electron chi connectivity index (χ0n) is 16.1. The van der Waals surface area contributed by atoms with Crippen LogP contribution < -0.4 is 9.47 Å².